The van der Waals surface area contributed by atoms with Crippen LogP contribution in [0, 0.1) is 5.41 Å². The first-order chi connectivity index (χ1) is 16.0. The average molecular weight is 453 g/mol. The number of nitrogens with one attached hydrogen (secondary N) is 1. The summed E-state index contributed by atoms with van der Waals surface area (Å²) in [6.45, 7) is 4.42. The molecule has 33 heavy (non-hydrogen) atoms. The Labute approximate surface area is 197 Å². The first-order valence-corrected chi connectivity index (χ1v) is 12.0. The largest absolute Gasteiger partial charge is 0.496 e. The number of hydrazine groups is 1. The number of para-hydroxylation sites is 1. The molecule has 1 amide bonds. The van der Waals surface area contributed by atoms with Crippen LogP contribution in [0.2, 0.25) is 0 Å². The number of amides is 1. The summed E-state index contributed by atoms with van der Waals surface area (Å²) in [4.78, 5) is 13.4. The molecule has 2 aromatic carbocycles. The van der Waals surface area contributed by atoms with Crippen LogP contribution < -0.4 is 19.6 Å². The predicted octanol–water partition coefficient (Wildman–Crippen LogP) is 5.42. The number of rotatable bonds is 7. The summed E-state index contributed by atoms with van der Waals surface area (Å²) in [6, 6.07) is 13.9. The third kappa shape index (κ3) is 4.81. The van der Waals surface area contributed by atoms with Crippen LogP contribution in [0.4, 0.5) is 0 Å². The normalized spacial score (nSPS) is 21.0. The van der Waals surface area contributed by atoms with Crippen LogP contribution in [0.25, 0.3) is 0 Å². The molecule has 0 radical (unpaired) electrons. The van der Waals surface area contributed by atoms with Crippen molar-refractivity contribution in [3.8, 4) is 17.2 Å². The molecule has 0 bridgehead atoms. The zero-order valence-corrected chi connectivity index (χ0v) is 20.2. The summed E-state index contributed by atoms with van der Waals surface area (Å²) in [6.07, 6.45) is 7.03. The molecule has 0 spiro atoms. The van der Waals surface area contributed by atoms with E-state index in [0.717, 1.165) is 29.7 Å². The molecule has 4 rings (SSSR count). The van der Waals surface area contributed by atoms with Crippen molar-refractivity contribution in [1.82, 2.24) is 10.4 Å². The highest BCUT2D eigenvalue weighted by molar-refractivity contribution is 5.85. The van der Waals surface area contributed by atoms with Gasteiger partial charge < -0.3 is 14.2 Å². The SMILES string of the molecule is COc1ccccc1COc1cc(C2NN(C3CCCCCC3)C(=O)C2(C)C)ccc1OC. The van der Waals surface area contributed by atoms with Crippen LogP contribution in [0.5, 0.6) is 17.2 Å². The van der Waals surface area contributed by atoms with Gasteiger partial charge in [0.25, 0.3) is 0 Å². The van der Waals surface area contributed by atoms with Crippen molar-refractivity contribution in [1.29, 1.82) is 0 Å². The van der Waals surface area contributed by atoms with Gasteiger partial charge in [-0.2, -0.15) is 0 Å². The molecule has 1 N–H and O–H groups in total. The summed E-state index contributed by atoms with van der Waals surface area (Å²) < 4.78 is 17.2. The zero-order valence-electron chi connectivity index (χ0n) is 20.2. The highest BCUT2D eigenvalue weighted by Crippen LogP contribution is 2.44. The third-order valence-corrected chi connectivity index (χ3v) is 7.05. The number of carbonyl (C=O) groups excluding carboxylic acids is 1. The number of hydrogen-bond donors (Lipinski definition) is 1. The van der Waals surface area contributed by atoms with E-state index in [-0.39, 0.29) is 18.0 Å². The average Bonchev–Trinajstić information content (AvgIpc) is 3.00. The van der Waals surface area contributed by atoms with E-state index in [9.17, 15) is 4.79 Å². The first kappa shape index (κ1) is 23.4. The molecule has 1 saturated heterocycles. The van der Waals surface area contributed by atoms with E-state index in [1.807, 2.05) is 61.3 Å². The maximum atomic E-state index is 13.4. The fourth-order valence-corrected chi connectivity index (χ4v) is 5.03. The summed E-state index contributed by atoms with van der Waals surface area (Å²) in [7, 11) is 3.30. The quantitative estimate of drug-likeness (QED) is 0.569. The van der Waals surface area contributed by atoms with Gasteiger partial charge in [-0.25, -0.2) is 5.43 Å². The fraction of sp³-hybridized carbons (Fsp3) is 0.519. The molecule has 1 aliphatic carbocycles. The van der Waals surface area contributed by atoms with Crippen molar-refractivity contribution in [2.24, 2.45) is 5.41 Å². The maximum Gasteiger partial charge on any atom is 0.244 e. The minimum Gasteiger partial charge on any atom is -0.496 e. The van der Waals surface area contributed by atoms with Gasteiger partial charge in [0.1, 0.15) is 12.4 Å². The molecular weight excluding hydrogens is 416 g/mol. The van der Waals surface area contributed by atoms with Gasteiger partial charge in [0.15, 0.2) is 11.5 Å². The highest BCUT2D eigenvalue weighted by Gasteiger charge is 2.49. The van der Waals surface area contributed by atoms with Gasteiger partial charge >= 0.3 is 0 Å². The minimum atomic E-state index is -0.555. The van der Waals surface area contributed by atoms with E-state index in [1.54, 1.807) is 14.2 Å². The molecule has 1 heterocycles. The zero-order chi connectivity index (χ0) is 23.4. The van der Waals surface area contributed by atoms with Crippen LogP contribution in [-0.4, -0.2) is 31.2 Å². The van der Waals surface area contributed by atoms with Gasteiger partial charge in [0.05, 0.1) is 25.7 Å². The number of benzene rings is 2. The Morgan fingerprint density at radius 2 is 1.64 bits per heavy atom. The molecule has 6 heteroatoms. The Morgan fingerprint density at radius 1 is 0.939 bits per heavy atom. The summed E-state index contributed by atoms with van der Waals surface area (Å²) in [5.74, 6) is 2.28. The number of methoxy groups -OCH3 is 2. The van der Waals surface area contributed by atoms with Gasteiger partial charge in [-0.3, -0.25) is 9.80 Å². The standard InChI is InChI=1S/C27H36N2O4/c1-27(2)25(28-29(26(27)30)21-12-7-5-6-8-13-21)19-15-16-23(32-4)24(17-19)33-18-20-11-9-10-14-22(20)31-3/h9-11,14-17,21,25,28H,5-8,12-13,18H2,1-4H3. The van der Waals surface area contributed by atoms with E-state index >= 15 is 0 Å². The Kier molecular flexibility index (Phi) is 7.13. The number of hydrogen-bond acceptors (Lipinski definition) is 5. The molecule has 0 aromatic heterocycles. The Hall–Kier alpha value is -2.73. The minimum absolute atomic E-state index is 0.132. The Bertz CT molecular complexity index is 966. The van der Waals surface area contributed by atoms with E-state index < -0.39 is 5.41 Å². The van der Waals surface area contributed by atoms with Crippen molar-refractivity contribution in [3.63, 3.8) is 0 Å². The molecule has 2 aromatic rings. The number of carbonyl (C=O) groups is 1. The second-order valence-electron chi connectivity index (χ2n) is 9.62. The lowest BCUT2D eigenvalue weighted by Gasteiger charge is -2.27. The second kappa shape index (κ2) is 10.0. The lowest BCUT2D eigenvalue weighted by atomic mass is 9.81. The lowest BCUT2D eigenvalue weighted by molar-refractivity contribution is -0.138. The number of ether oxygens (including phenoxy) is 3. The molecule has 1 aliphatic heterocycles. The van der Waals surface area contributed by atoms with Crippen molar-refractivity contribution in [3.05, 3.63) is 53.6 Å². The molecule has 1 unspecified atom stereocenters. The molecule has 178 valence electrons. The Balaban J connectivity index is 1.57. The maximum absolute atomic E-state index is 13.4. The monoisotopic (exact) mass is 452 g/mol. The summed E-state index contributed by atoms with van der Waals surface area (Å²) in [5.41, 5.74) is 4.99. The van der Waals surface area contributed by atoms with E-state index in [4.69, 9.17) is 14.2 Å². The van der Waals surface area contributed by atoms with Crippen molar-refractivity contribution < 1.29 is 19.0 Å². The molecule has 1 saturated carbocycles. The van der Waals surface area contributed by atoms with Crippen molar-refractivity contribution >= 4 is 5.91 Å². The van der Waals surface area contributed by atoms with Gasteiger partial charge in [-0.1, -0.05) is 49.9 Å². The van der Waals surface area contributed by atoms with Gasteiger partial charge in [-0.05, 0) is 50.5 Å². The Morgan fingerprint density at radius 3 is 2.33 bits per heavy atom. The van der Waals surface area contributed by atoms with Crippen LogP contribution in [0.1, 0.15) is 69.5 Å². The lowest BCUT2D eigenvalue weighted by Crippen LogP contribution is -2.44. The fourth-order valence-electron chi connectivity index (χ4n) is 5.03. The van der Waals surface area contributed by atoms with Crippen molar-refractivity contribution in [2.45, 2.75) is 71.1 Å². The van der Waals surface area contributed by atoms with E-state index in [1.165, 1.54) is 25.7 Å². The van der Waals surface area contributed by atoms with E-state index in [0.29, 0.717) is 18.1 Å². The van der Waals surface area contributed by atoms with Crippen molar-refractivity contribution in [2.75, 3.05) is 14.2 Å². The molecule has 6 nitrogen and oxygen atoms in total. The predicted molar refractivity (Wildman–Crippen MR) is 128 cm³/mol. The van der Waals surface area contributed by atoms with E-state index in [2.05, 4.69) is 5.43 Å². The summed E-state index contributed by atoms with van der Waals surface area (Å²) in [5, 5.41) is 1.93. The topological polar surface area (TPSA) is 60.0 Å². The summed E-state index contributed by atoms with van der Waals surface area (Å²) >= 11 is 0. The molecule has 2 fully saturated rings. The first-order valence-electron chi connectivity index (χ1n) is 12.0. The highest BCUT2D eigenvalue weighted by atomic mass is 16.5. The van der Waals surface area contributed by atoms with Gasteiger partial charge in [-0.15, -0.1) is 0 Å². The molecule has 1 atom stereocenters. The molecular formula is C27H36N2O4. The molecule has 2 aliphatic rings. The smallest absolute Gasteiger partial charge is 0.244 e. The number of nitrogens with zero attached hydrogens (tertiary/aromatic N) is 1. The second-order valence-corrected chi connectivity index (χ2v) is 9.62. The van der Waals surface area contributed by atoms with Crippen LogP contribution in [0.3, 0.4) is 0 Å². The van der Waals surface area contributed by atoms with Gasteiger partial charge in [0, 0.05) is 11.6 Å². The van der Waals surface area contributed by atoms with Crippen LogP contribution >= 0.6 is 0 Å². The van der Waals surface area contributed by atoms with Crippen LogP contribution in [0.15, 0.2) is 42.5 Å². The third-order valence-electron chi connectivity index (χ3n) is 7.05. The van der Waals surface area contributed by atoms with Crippen LogP contribution in [-0.2, 0) is 11.4 Å². The van der Waals surface area contributed by atoms with Gasteiger partial charge in [0.2, 0.25) is 5.91 Å².